The molecule has 5 nitrogen and oxygen atoms in total. The normalized spacial score (nSPS) is 16.5. The van der Waals surface area contributed by atoms with Crippen molar-refractivity contribution in [3.8, 4) is 0 Å². The molecule has 6 heteroatoms. The van der Waals surface area contributed by atoms with Gasteiger partial charge in [0, 0.05) is 42.3 Å². The van der Waals surface area contributed by atoms with E-state index in [4.69, 9.17) is 0 Å². The zero-order valence-corrected chi connectivity index (χ0v) is 17.4. The predicted molar refractivity (Wildman–Crippen MR) is 114 cm³/mol. The summed E-state index contributed by atoms with van der Waals surface area (Å²) in [4.78, 5) is 13.0. The number of sulfone groups is 1. The summed E-state index contributed by atoms with van der Waals surface area (Å²) in [6, 6.07) is 13.2. The summed E-state index contributed by atoms with van der Waals surface area (Å²) >= 11 is 0. The molecule has 148 valence electrons. The third-order valence-corrected chi connectivity index (χ3v) is 7.19. The quantitative estimate of drug-likeness (QED) is 0.625. The number of nitrogens with zero attached hydrogens (tertiary/aromatic N) is 2. The standard InChI is InChI=1S/C23H23N2O3S/c1-24-14-19(16-6-3-4-7-17(16)23(24)26)21-12-18-20(25(21)13-15-10-11-15)8-5-9-22(18)29(2,27)28/h3-9,14-15H,10-13H2,1-2H3/q+1. The van der Waals surface area contributed by atoms with Crippen molar-refractivity contribution in [2.45, 2.75) is 24.2 Å². The third kappa shape index (κ3) is 3.02. The molecule has 1 fully saturated rings. The lowest BCUT2D eigenvalue weighted by atomic mass is 10.00. The number of aryl methyl sites for hydroxylation is 1. The van der Waals surface area contributed by atoms with E-state index in [1.807, 2.05) is 42.6 Å². The number of aromatic nitrogens is 1. The van der Waals surface area contributed by atoms with E-state index in [2.05, 4.69) is 4.58 Å². The van der Waals surface area contributed by atoms with Gasteiger partial charge in [0.2, 0.25) is 5.69 Å². The lowest BCUT2D eigenvalue weighted by molar-refractivity contribution is -0.441. The molecule has 1 aliphatic carbocycles. The number of rotatable bonds is 4. The van der Waals surface area contributed by atoms with Crippen LogP contribution in [0.25, 0.3) is 10.8 Å². The summed E-state index contributed by atoms with van der Waals surface area (Å²) in [6.07, 6.45) is 6.13. The molecule has 29 heavy (non-hydrogen) atoms. The molecule has 0 amide bonds. The predicted octanol–water partition coefficient (Wildman–Crippen LogP) is 3.04. The van der Waals surface area contributed by atoms with Crippen molar-refractivity contribution >= 4 is 32.0 Å². The van der Waals surface area contributed by atoms with Crippen LogP contribution in [0.15, 0.2) is 58.4 Å². The van der Waals surface area contributed by atoms with Gasteiger partial charge in [-0.05, 0) is 25.0 Å². The molecule has 2 aromatic carbocycles. The van der Waals surface area contributed by atoms with E-state index < -0.39 is 9.84 Å². The van der Waals surface area contributed by atoms with E-state index >= 15 is 0 Å². The molecule has 0 bridgehead atoms. The second kappa shape index (κ2) is 6.39. The Kier molecular flexibility index (Phi) is 4.03. The molecule has 3 aromatic rings. The maximum Gasteiger partial charge on any atom is 0.258 e. The maximum atomic E-state index is 12.6. The van der Waals surface area contributed by atoms with Crippen molar-refractivity contribution in [3.63, 3.8) is 0 Å². The van der Waals surface area contributed by atoms with Crippen molar-refractivity contribution in [1.82, 2.24) is 4.57 Å². The van der Waals surface area contributed by atoms with Crippen molar-refractivity contribution in [2.24, 2.45) is 13.0 Å². The van der Waals surface area contributed by atoms with Crippen molar-refractivity contribution in [1.29, 1.82) is 0 Å². The van der Waals surface area contributed by atoms with Crippen molar-refractivity contribution in [2.75, 3.05) is 12.8 Å². The van der Waals surface area contributed by atoms with E-state index in [0.29, 0.717) is 22.6 Å². The molecule has 1 aliphatic heterocycles. The Morgan fingerprint density at radius 3 is 2.48 bits per heavy atom. The van der Waals surface area contributed by atoms with E-state index in [9.17, 15) is 13.2 Å². The Morgan fingerprint density at radius 2 is 1.79 bits per heavy atom. The average molecular weight is 408 g/mol. The van der Waals surface area contributed by atoms with Gasteiger partial charge in [-0.15, -0.1) is 0 Å². The fourth-order valence-corrected chi connectivity index (χ4v) is 5.34. The molecular weight excluding hydrogens is 384 g/mol. The fourth-order valence-electron chi connectivity index (χ4n) is 4.39. The van der Waals surface area contributed by atoms with Crippen LogP contribution < -0.4 is 5.56 Å². The average Bonchev–Trinajstić information content (AvgIpc) is 3.44. The molecule has 0 unspecified atom stereocenters. The lowest BCUT2D eigenvalue weighted by Gasteiger charge is -2.09. The minimum absolute atomic E-state index is 0.0222. The van der Waals surface area contributed by atoms with Crippen LogP contribution in [0.4, 0.5) is 5.69 Å². The lowest BCUT2D eigenvalue weighted by Crippen LogP contribution is -2.23. The first-order valence-electron chi connectivity index (χ1n) is 9.88. The van der Waals surface area contributed by atoms with Crippen LogP contribution in [-0.4, -0.2) is 36.1 Å². The molecule has 1 aromatic heterocycles. The van der Waals surface area contributed by atoms with E-state index in [-0.39, 0.29) is 5.56 Å². The summed E-state index contributed by atoms with van der Waals surface area (Å²) in [7, 11) is -1.55. The summed E-state index contributed by atoms with van der Waals surface area (Å²) in [6.45, 7) is 0.882. The van der Waals surface area contributed by atoms with Gasteiger partial charge in [0.05, 0.1) is 22.4 Å². The number of fused-ring (bicyclic) bond motifs is 2. The van der Waals surface area contributed by atoms with Gasteiger partial charge in [0.1, 0.15) is 0 Å². The first kappa shape index (κ1) is 18.3. The Morgan fingerprint density at radius 1 is 1.07 bits per heavy atom. The van der Waals surface area contributed by atoms with Gasteiger partial charge in [0.15, 0.2) is 22.1 Å². The van der Waals surface area contributed by atoms with Crippen molar-refractivity contribution in [3.05, 3.63) is 70.1 Å². The minimum atomic E-state index is -3.32. The third-order valence-electron chi connectivity index (χ3n) is 6.01. The van der Waals surface area contributed by atoms with E-state index in [1.165, 1.54) is 19.1 Å². The molecule has 0 saturated heterocycles. The van der Waals surface area contributed by atoms with Crippen LogP contribution in [0.2, 0.25) is 0 Å². The second-order valence-electron chi connectivity index (χ2n) is 8.21. The van der Waals surface area contributed by atoms with Crippen LogP contribution in [0, 0.1) is 5.92 Å². The minimum Gasteiger partial charge on any atom is -0.317 e. The van der Waals surface area contributed by atoms with Crippen LogP contribution in [0.3, 0.4) is 0 Å². The first-order valence-corrected chi connectivity index (χ1v) is 11.8. The number of hydrogen-bond donors (Lipinski definition) is 0. The van der Waals surface area contributed by atoms with Gasteiger partial charge >= 0.3 is 0 Å². The van der Waals surface area contributed by atoms with E-state index in [1.54, 1.807) is 17.7 Å². The summed E-state index contributed by atoms with van der Waals surface area (Å²) in [5.41, 5.74) is 3.90. The second-order valence-corrected chi connectivity index (χ2v) is 10.2. The summed E-state index contributed by atoms with van der Waals surface area (Å²) in [5.74, 6) is 0.636. The van der Waals surface area contributed by atoms with Crippen LogP contribution >= 0.6 is 0 Å². The molecule has 0 atom stereocenters. The highest BCUT2D eigenvalue weighted by Gasteiger charge is 2.39. The number of pyridine rings is 1. The Bertz CT molecular complexity index is 1360. The molecular formula is C23H23N2O3S+. The van der Waals surface area contributed by atoms with Gasteiger partial charge in [0.25, 0.3) is 5.56 Å². The molecule has 2 aliphatic rings. The topological polar surface area (TPSA) is 59.1 Å². The van der Waals surface area contributed by atoms with Gasteiger partial charge in [-0.3, -0.25) is 4.79 Å². The summed E-state index contributed by atoms with van der Waals surface area (Å²) < 4.78 is 28.7. The van der Waals surface area contributed by atoms with Gasteiger partial charge in [-0.2, -0.15) is 4.58 Å². The molecule has 2 heterocycles. The molecule has 0 radical (unpaired) electrons. The SMILES string of the molecule is Cn1cc(C2=[N+](CC3CC3)c3cccc(S(C)(=O)=O)c3C2)c2ccccc2c1=O. The Labute approximate surface area is 169 Å². The zero-order valence-electron chi connectivity index (χ0n) is 16.6. The number of benzene rings is 2. The summed E-state index contributed by atoms with van der Waals surface area (Å²) in [5, 5.41) is 1.60. The van der Waals surface area contributed by atoms with Gasteiger partial charge in [-0.1, -0.05) is 24.3 Å². The fraction of sp³-hybridized carbons (Fsp3) is 0.304. The maximum absolute atomic E-state index is 12.6. The number of hydrogen-bond acceptors (Lipinski definition) is 3. The Hall–Kier alpha value is -2.73. The highest BCUT2D eigenvalue weighted by molar-refractivity contribution is 7.90. The molecule has 0 spiro atoms. The smallest absolute Gasteiger partial charge is 0.258 e. The van der Waals surface area contributed by atoms with Gasteiger partial charge < -0.3 is 4.57 Å². The highest BCUT2D eigenvalue weighted by Crippen LogP contribution is 2.38. The molecule has 0 N–H and O–H groups in total. The van der Waals surface area contributed by atoms with E-state index in [0.717, 1.165) is 34.5 Å². The highest BCUT2D eigenvalue weighted by atomic mass is 32.2. The van der Waals surface area contributed by atoms with Crippen LogP contribution in [0.5, 0.6) is 0 Å². The van der Waals surface area contributed by atoms with Gasteiger partial charge in [-0.25, -0.2) is 8.42 Å². The Balaban J connectivity index is 1.79. The van der Waals surface area contributed by atoms with Crippen LogP contribution in [0.1, 0.15) is 24.0 Å². The molecule has 5 rings (SSSR count). The monoisotopic (exact) mass is 407 g/mol. The largest absolute Gasteiger partial charge is 0.317 e. The zero-order chi connectivity index (χ0) is 20.3. The molecule has 1 saturated carbocycles. The first-order chi connectivity index (χ1) is 13.8. The van der Waals surface area contributed by atoms with Crippen molar-refractivity contribution < 1.29 is 13.0 Å². The van der Waals surface area contributed by atoms with Crippen LogP contribution in [-0.2, 0) is 23.3 Å².